The zero-order valence-corrected chi connectivity index (χ0v) is 11.8. The summed E-state index contributed by atoms with van der Waals surface area (Å²) < 4.78 is 47.3. The molecule has 124 valence electrons. The van der Waals surface area contributed by atoms with Crippen molar-refractivity contribution in [2.24, 2.45) is 0 Å². The first-order valence-electron chi connectivity index (χ1n) is 6.29. The fraction of sp³-hybridized carbons (Fsp3) is 0.333. The monoisotopic (exact) mass is 331 g/mol. The van der Waals surface area contributed by atoms with Gasteiger partial charge < -0.3 is 9.47 Å². The van der Waals surface area contributed by atoms with Crippen molar-refractivity contribution in [3.8, 4) is 5.88 Å². The van der Waals surface area contributed by atoms with Gasteiger partial charge in [0, 0.05) is 13.3 Å². The summed E-state index contributed by atoms with van der Waals surface area (Å²) in [5, 5.41) is 7.12. The zero-order chi connectivity index (χ0) is 16.9. The number of nitrogens with one attached hydrogen (secondary N) is 2. The Labute approximate surface area is 128 Å². The largest absolute Gasteiger partial charge is 0.475 e. The van der Waals surface area contributed by atoms with Gasteiger partial charge in [0.25, 0.3) is 5.91 Å². The van der Waals surface area contributed by atoms with Gasteiger partial charge in [0.2, 0.25) is 17.7 Å². The molecule has 2 rings (SSSR count). The molecule has 2 heterocycles. The standard InChI is InChI=1S/C12H12F3N5O3/c1-22-5-6-23-9-7(3-2-4-16-9)8(21)17-11-18-10(19-20-11)12(13,14)15/h2-4H,5-6H2,1H3,(H2,17,18,19,20,21). The quantitative estimate of drug-likeness (QED) is 0.778. The van der Waals surface area contributed by atoms with Crippen LogP contribution < -0.4 is 10.1 Å². The van der Waals surface area contributed by atoms with E-state index in [4.69, 9.17) is 9.47 Å². The Morgan fingerprint density at radius 2 is 2.17 bits per heavy atom. The molecular weight excluding hydrogens is 319 g/mol. The van der Waals surface area contributed by atoms with E-state index in [0.717, 1.165) is 0 Å². The molecule has 0 aliphatic carbocycles. The molecule has 0 saturated carbocycles. The van der Waals surface area contributed by atoms with Crippen LogP contribution in [0.5, 0.6) is 5.88 Å². The first-order valence-corrected chi connectivity index (χ1v) is 6.29. The number of hydrogen-bond acceptors (Lipinski definition) is 6. The van der Waals surface area contributed by atoms with Gasteiger partial charge in [-0.2, -0.15) is 18.2 Å². The summed E-state index contributed by atoms with van der Waals surface area (Å²) in [6, 6.07) is 2.89. The molecule has 0 spiro atoms. The van der Waals surface area contributed by atoms with E-state index in [1.165, 1.54) is 25.4 Å². The van der Waals surface area contributed by atoms with Gasteiger partial charge in [-0.3, -0.25) is 15.2 Å². The van der Waals surface area contributed by atoms with Crippen LogP contribution in [0.15, 0.2) is 18.3 Å². The maximum atomic E-state index is 12.4. The molecule has 0 saturated heterocycles. The van der Waals surface area contributed by atoms with Crippen LogP contribution >= 0.6 is 0 Å². The van der Waals surface area contributed by atoms with Gasteiger partial charge in [0.05, 0.1) is 6.61 Å². The highest BCUT2D eigenvalue weighted by molar-refractivity contribution is 6.04. The average molecular weight is 331 g/mol. The van der Waals surface area contributed by atoms with E-state index >= 15 is 0 Å². The second-order valence-electron chi connectivity index (χ2n) is 4.16. The number of carbonyl (C=O) groups excluding carboxylic acids is 1. The van der Waals surface area contributed by atoms with Gasteiger partial charge in [-0.15, -0.1) is 5.10 Å². The van der Waals surface area contributed by atoms with E-state index in [9.17, 15) is 18.0 Å². The normalized spacial score (nSPS) is 11.3. The second kappa shape index (κ2) is 7.05. The molecule has 2 aromatic heterocycles. The number of alkyl halides is 3. The number of aromatic amines is 1. The second-order valence-corrected chi connectivity index (χ2v) is 4.16. The summed E-state index contributed by atoms with van der Waals surface area (Å²) in [5.74, 6) is -2.54. The first kappa shape index (κ1) is 16.7. The van der Waals surface area contributed by atoms with Crippen molar-refractivity contribution in [3.63, 3.8) is 0 Å². The van der Waals surface area contributed by atoms with E-state index in [1.54, 1.807) is 5.10 Å². The van der Waals surface area contributed by atoms with Crippen molar-refractivity contribution in [3.05, 3.63) is 29.7 Å². The lowest BCUT2D eigenvalue weighted by molar-refractivity contribution is -0.144. The Balaban J connectivity index is 2.10. The molecule has 0 aliphatic heterocycles. The predicted molar refractivity (Wildman–Crippen MR) is 70.9 cm³/mol. The lowest BCUT2D eigenvalue weighted by Crippen LogP contribution is -2.16. The molecule has 2 aromatic rings. The fourth-order valence-electron chi connectivity index (χ4n) is 1.51. The van der Waals surface area contributed by atoms with Gasteiger partial charge in [-0.25, -0.2) is 4.98 Å². The summed E-state index contributed by atoms with van der Waals surface area (Å²) in [4.78, 5) is 19.1. The fourth-order valence-corrected chi connectivity index (χ4v) is 1.51. The Morgan fingerprint density at radius 1 is 1.39 bits per heavy atom. The minimum absolute atomic E-state index is 0.0219. The molecule has 0 bridgehead atoms. The molecule has 8 nitrogen and oxygen atoms in total. The molecule has 0 atom stereocenters. The van der Waals surface area contributed by atoms with Crippen molar-refractivity contribution < 1.29 is 27.4 Å². The highest BCUT2D eigenvalue weighted by Crippen LogP contribution is 2.26. The Hall–Kier alpha value is -2.69. The highest BCUT2D eigenvalue weighted by Gasteiger charge is 2.35. The van der Waals surface area contributed by atoms with Gasteiger partial charge in [0.1, 0.15) is 12.2 Å². The topological polar surface area (TPSA) is 102 Å². The average Bonchev–Trinajstić information content (AvgIpc) is 2.96. The van der Waals surface area contributed by atoms with Crippen molar-refractivity contribution in [1.82, 2.24) is 20.2 Å². The third-order valence-electron chi connectivity index (χ3n) is 2.52. The number of amides is 1. The van der Waals surface area contributed by atoms with Crippen LogP contribution in [-0.2, 0) is 10.9 Å². The smallest absolute Gasteiger partial charge is 0.451 e. The van der Waals surface area contributed by atoms with E-state index in [1.807, 2.05) is 0 Å². The predicted octanol–water partition coefficient (Wildman–Crippen LogP) is 1.50. The molecule has 2 N–H and O–H groups in total. The third-order valence-corrected chi connectivity index (χ3v) is 2.52. The van der Waals surface area contributed by atoms with Crippen LogP contribution in [0.1, 0.15) is 16.2 Å². The SMILES string of the molecule is COCCOc1ncccc1C(=O)Nc1n[nH]c(C(F)(F)F)n1. The third kappa shape index (κ3) is 4.39. The number of methoxy groups -OCH3 is 1. The lowest BCUT2D eigenvalue weighted by atomic mass is 10.2. The minimum atomic E-state index is -4.68. The van der Waals surface area contributed by atoms with Crippen LogP contribution in [0.4, 0.5) is 19.1 Å². The highest BCUT2D eigenvalue weighted by atomic mass is 19.4. The molecule has 0 aromatic carbocycles. The molecule has 1 amide bonds. The molecule has 11 heteroatoms. The van der Waals surface area contributed by atoms with Crippen LogP contribution in [0.2, 0.25) is 0 Å². The lowest BCUT2D eigenvalue weighted by Gasteiger charge is -2.08. The Bertz CT molecular complexity index is 674. The number of halogens is 3. The molecule has 0 unspecified atom stereocenters. The van der Waals surface area contributed by atoms with Crippen molar-refractivity contribution >= 4 is 11.9 Å². The number of anilines is 1. The molecule has 0 fully saturated rings. The Kier molecular flexibility index (Phi) is 5.11. The van der Waals surface area contributed by atoms with Gasteiger partial charge >= 0.3 is 6.18 Å². The van der Waals surface area contributed by atoms with E-state index in [-0.39, 0.29) is 24.7 Å². The van der Waals surface area contributed by atoms with E-state index in [2.05, 4.69) is 20.4 Å². The molecule has 0 aliphatic rings. The van der Waals surface area contributed by atoms with E-state index in [0.29, 0.717) is 0 Å². The van der Waals surface area contributed by atoms with Crippen LogP contribution in [0, 0.1) is 0 Å². The van der Waals surface area contributed by atoms with Crippen LogP contribution in [0.25, 0.3) is 0 Å². The van der Waals surface area contributed by atoms with Crippen molar-refractivity contribution in [1.29, 1.82) is 0 Å². The number of pyridine rings is 1. The van der Waals surface area contributed by atoms with Crippen molar-refractivity contribution in [2.75, 3.05) is 25.6 Å². The maximum Gasteiger partial charge on any atom is 0.451 e. The van der Waals surface area contributed by atoms with Crippen molar-refractivity contribution in [2.45, 2.75) is 6.18 Å². The number of nitrogens with zero attached hydrogens (tertiary/aromatic N) is 3. The number of carbonyl (C=O) groups is 1. The maximum absolute atomic E-state index is 12.4. The first-order chi connectivity index (χ1) is 10.9. The summed E-state index contributed by atoms with van der Waals surface area (Å²) >= 11 is 0. The Morgan fingerprint density at radius 3 is 2.83 bits per heavy atom. The minimum Gasteiger partial charge on any atom is -0.475 e. The zero-order valence-electron chi connectivity index (χ0n) is 11.8. The summed E-state index contributed by atoms with van der Waals surface area (Å²) in [6.07, 6.45) is -3.27. The molecular formula is C12H12F3N5O3. The number of H-pyrrole nitrogens is 1. The van der Waals surface area contributed by atoms with Gasteiger partial charge in [-0.1, -0.05) is 0 Å². The van der Waals surface area contributed by atoms with Crippen LogP contribution in [0.3, 0.4) is 0 Å². The number of ether oxygens (including phenoxy) is 2. The number of rotatable bonds is 6. The van der Waals surface area contributed by atoms with Gasteiger partial charge in [-0.05, 0) is 12.1 Å². The number of aromatic nitrogens is 4. The number of hydrogen-bond donors (Lipinski definition) is 2. The van der Waals surface area contributed by atoms with Gasteiger partial charge in [0.15, 0.2) is 0 Å². The summed E-state index contributed by atoms with van der Waals surface area (Å²) in [7, 11) is 1.48. The summed E-state index contributed by atoms with van der Waals surface area (Å²) in [5.41, 5.74) is 0.0296. The molecule has 0 radical (unpaired) electrons. The van der Waals surface area contributed by atoms with Crippen LogP contribution in [-0.4, -0.2) is 46.4 Å². The van der Waals surface area contributed by atoms with E-state index < -0.39 is 23.9 Å². The molecule has 23 heavy (non-hydrogen) atoms. The summed E-state index contributed by atoms with van der Waals surface area (Å²) in [6.45, 7) is 0.445.